The minimum atomic E-state index is 0.959. The highest BCUT2D eigenvalue weighted by Crippen LogP contribution is 2.41. The summed E-state index contributed by atoms with van der Waals surface area (Å²) in [6.45, 7) is 0. The molecule has 0 aliphatic rings. The molecule has 0 saturated heterocycles. The highest BCUT2D eigenvalue weighted by Gasteiger charge is 2.16. The van der Waals surface area contributed by atoms with Gasteiger partial charge in [-0.25, -0.2) is 0 Å². The van der Waals surface area contributed by atoms with Crippen LogP contribution in [-0.4, -0.2) is 9.97 Å². The molecule has 8 aromatic rings. The molecule has 48 heavy (non-hydrogen) atoms. The monoisotopic (exact) mass is 612 g/mol. The van der Waals surface area contributed by atoms with Gasteiger partial charge in [-0.2, -0.15) is 0 Å². The third-order valence-electron chi connectivity index (χ3n) is 8.83. The highest BCUT2D eigenvalue weighted by atomic mass is 14.7. The minimum Gasteiger partial charge on any atom is -0.256 e. The van der Waals surface area contributed by atoms with Gasteiger partial charge < -0.3 is 0 Å². The first-order valence-corrected chi connectivity index (χ1v) is 16.2. The summed E-state index contributed by atoms with van der Waals surface area (Å²) < 4.78 is 0. The summed E-state index contributed by atoms with van der Waals surface area (Å²) in [6, 6.07) is 63.9. The molecule has 226 valence electrons. The highest BCUT2D eigenvalue weighted by molar-refractivity contribution is 5.94. The van der Waals surface area contributed by atoms with Crippen molar-refractivity contribution in [1.82, 2.24) is 9.97 Å². The van der Waals surface area contributed by atoms with Crippen molar-refractivity contribution in [2.75, 3.05) is 0 Å². The molecule has 6 aromatic carbocycles. The Bertz CT molecular complexity index is 2310. The summed E-state index contributed by atoms with van der Waals surface area (Å²) in [7, 11) is 0. The Morgan fingerprint density at radius 2 is 0.688 bits per heavy atom. The molecule has 2 heterocycles. The van der Waals surface area contributed by atoms with E-state index in [0.717, 1.165) is 72.6 Å². The van der Waals surface area contributed by atoms with Crippen molar-refractivity contribution >= 4 is 0 Å². The second-order valence-electron chi connectivity index (χ2n) is 11.8. The number of hydrogen-bond donors (Lipinski definition) is 0. The largest absolute Gasteiger partial charge is 0.256 e. The Labute approximate surface area is 281 Å². The van der Waals surface area contributed by atoms with Crippen molar-refractivity contribution < 1.29 is 0 Å². The van der Waals surface area contributed by atoms with E-state index in [0.29, 0.717) is 0 Å². The van der Waals surface area contributed by atoms with E-state index in [1.54, 1.807) is 0 Å². The predicted molar refractivity (Wildman–Crippen MR) is 200 cm³/mol. The summed E-state index contributed by atoms with van der Waals surface area (Å²) >= 11 is 0. The number of nitrogens with zero attached hydrogens (tertiary/aromatic N) is 2. The van der Waals surface area contributed by atoms with Crippen molar-refractivity contribution in [3.8, 4) is 78.1 Å². The molecule has 2 aromatic heterocycles. The molecule has 2 heteroatoms. The van der Waals surface area contributed by atoms with Crippen LogP contribution in [0.2, 0.25) is 0 Å². The lowest BCUT2D eigenvalue weighted by atomic mass is 9.88. The fraction of sp³-hybridized carbons (Fsp3) is 0. The molecule has 0 amide bonds. The Morgan fingerprint density at radius 1 is 0.229 bits per heavy atom. The third-order valence-corrected chi connectivity index (χ3v) is 8.83. The summed E-state index contributed by atoms with van der Waals surface area (Å²) in [4.78, 5) is 9.80. The SMILES string of the molecule is c1ccc(-c2ccc(-c3ccccc3-c3cccc(-c4ccccc4-c4cnc(-c5ccccc5)cc4-c4ccccc4)c3)cn2)cc1. The topological polar surface area (TPSA) is 25.8 Å². The Hall–Kier alpha value is -6.38. The Kier molecular flexibility index (Phi) is 7.96. The van der Waals surface area contributed by atoms with Gasteiger partial charge in [0.05, 0.1) is 11.4 Å². The molecule has 0 saturated carbocycles. The lowest BCUT2D eigenvalue weighted by molar-refractivity contribution is 1.32. The van der Waals surface area contributed by atoms with Crippen LogP contribution in [-0.2, 0) is 0 Å². The van der Waals surface area contributed by atoms with Crippen LogP contribution in [0.25, 0.3) is 78.1 Å². The van der Waals surface area contributed by atoms with Gasteiger partial charge in [0.25, 0.3) is 0 Å². The molecular weight excluding hydrogens is 581 g/mol. The maximum atomic E-state index is 4.98. The average molecular weight is 613 g/mol. The van der Waals surface area contributed by atoms with E-state index >= 15 is 0 Å². The van der Waals surface area contributed by atoms with Crippen molar-refractivity contribution in [2.24, 2.45) is 0 Å². The van der Waals surface area contributed by atoms with Gasteiger partial charge >= 0.3 is 0 Å². The zero-order chi connectivity index (χ0) is 32.1. The molecule has 0 aliphatic carbocycles. The standard InChI is InChI=1S/C46H32N2/c1-4-15-33(16-5-1)43-30-46(35-19-8-3-9-20-35)48-32-44(43)42-26-13-12-24-40(42)37-22-14-21-36(29-37)39-23-10-11-25-41(39)38-27-28-45(47-31-38)34-17-6-2-7-18-34/h1-32H. The summed E-state index contributed by atoms with van der Waals surface area (Å²) in [6.07, 6.45) is 4.02. The van der Waals surface area contributed by atoms with Crippen molar-refractivity contribution in [1.29, 1.82) is 0 Å². The minimum absolute atomic E-state index is 0.959. The first-order valence-electron chi connectivity index (χ1n) is 16.2. The van der Waals surface area contributed by atoms with E-state index in [9.17, 15) is 0 Å². The Balaban J connectivity index is 1.21. The van der Waals surface area contributed by atoms with Crippen LogP contribution < -0.4 is 0 Å². The van der Waals surface area contributed by atoms with Crippen LogP contribution in [0, 0.1) is 0 Å². The lowest BCUT2D eigenvalue weighted by Gasteiger charge is -2.17. The van der Waals surface area contributed by atoms with E-state index in [-0.39, 0.29) is 0 Å². The first kappa shape index (κ1) is 29.1. The van der Waals surface area contributed by atoms with Crippen molar-refractivity contribution in [3.05, 3.63) is 194 Å². The second-order valence-corrected chi connectivity index (χ2v) is 11.8. The number of rotatable bonds is 7. The van der Waals surface area contributed by atoms with Gasteiger partial charge in [0.1, 0.15) is 0 Å². The van der Waals surface area contributed by atoms with Crippen LogP contribution in [0.1, 0.15) is 0 Å². The fourth-order valence-electron chi connectivity index (χ4n) is 6.44. The first-order chi connectivity index (χ1) is 23.8. The van der Waals surface area contributed by atoms with Gasteiger partial charge in [0.2, 0.25) is 0 Å². The number of benzene rings is 6. The molecule has 0 aliphatic heterocycles. The molecule has 0 N–H and O–H groups in total. The quantitative estimate of drug-likeness (QED) is 0.179. The second kappa shape index (κ2) is 13.2. The van der Waals surface area contributed by atoms with Gasteiger partial charge in [0.15, 0.2) is 0 Å². The van der Waals surface area contributed by atoms with Crippen LogP contribution in [0.4, 0.5) is 0 Å². The van der Waals surface area contributed by atoms with E-state index < -0.39 is 0 Å². The number of aromatic nitrogens is 2. The summed E-state index contributed by atoms with van der Waals surface area (Å²) in [5.74, 6) is 0. The summed E-state index contributed by atoms with van der Waals surface area (Å²) in [5.41, 5.74) is 15.6. The van der Waals surface area contributed by atoms with Crippen LogP contribution in [0.15, 0.2) is 194 Å². The van der Waals surface area contributed by atoms with Crippen LogP contribution in [0.5, 0.6) is 0 Å². The lowest BCUT2D eigenvalue weighted by Crippen LogP contribution is -1.93. The molecule has 0 bridgehead atoms. The maximum Gasteiger partial charge on any atom is 0.0708 e. The molecule has 0 radical (unpaired) electrons. The Morgan fingerprint density at radius 3 is 1.27 bits per heavy atom. The van der Waals surface area contributed by atoms with Gasteiger partial charge in [-0.15, -0.1) is 0 Å². The normalized spacial score (nSPS) is 10.9. The maximum absolute atomic E-state index is 4.98. The molecule has 0 fully saturated rings. The summed E-state index contributed by atoms with van der Waals surface area (Å²) in [5, 5.41) is 0. The zero-order valence-electron chi connectivity index (χ0n) is 26.4. The molecule has 8 rings (SSSR count). The van der Waals surface area contributed by atoms with Crippen LogP contribution in [0.3, 0.4) is 0 Å². The fourth-order valence-corrected chi connectivity index (χ4v) is 6.44. The number of hydrogen-bond acceptors (Lipinski definition) is 2. The van der Waals surface area contributed by atoms with E-state index in [4.69, 9.17) is 9.97 Å². The zero-order valence-corrected chi connectivity index (χ0v) is 26.4. The van der Waals surface area contributed by atoms with Gasteiger partial charge in [0, 0.05) is 34.6 Å². The van der Waals surface area contributed by atoms with Gasteiger partial charge in [-0.3, -0.25) is 9.97 Å². The molecular formula is C46H32N2. The third kappa shape index (κ3) is 5.84. The molecule has 0 atom stereocenters. The van der Waals surface area contributed by atoms with E-state index in [1.807, 2.05) is 36.7 Å². The van der Waals surface area contributed by atoms with Crippen molar-refractivity contribution in [2.45, 2.75) is 0 Å². The van der Waals surface area contributed by atoms with E-state index in [2.05, 4.69) is 158 Å². The predicted octanol–water partition coefficient (Wildman–Crippen LogP) is 12.1. The van der Waals surface area contributed by atoms with Gasteiger partial charge in [-0.1, -0.05) is 164 Å². The smallest absolute Gasteiger partial charge is 0.0708 e. The van der Waals surface area contributed by atoms with E-state index in [1.165, 1.54) is 5.56 Å². The molecule has 0 spiro atoms. The van der Waals surface area contributed by atoms with Crippen molar-refractivity contribution in [3.63, 3.8) is 0 Å². The number of pyridine rings is 2. The molecule has 0 unspecified atom stereocenters. The van der Waals surface area contributed by atoms with Gasteiger partial charge in [-0.05, 0) is 62.7 Å². The average Bonchev–Trinajstić information content (AvgIpc) is 3.19. The van der Waals surface area contributed by atoms with Crippen LogP contribution >= 0.6 is 0 Å². The molecule has 2 nitrogen and oxygen atoms in total.